The minimum atomic E-state index is -0.587. The average Bonchev–Trinajstić information content (AvgIpc) is 2.50. The first-order valence-electron chi connectivity index (χ1n) is 6.88. The van der Waals surface area contributed by atoms with Gasteiger partial charge in [-0.15, -0.1) is 11.8 Å². The summed E-state index contributed by atoms with van der Waals surface area (Å²) in [6, 6.07) is 5.37. The summed E-state index contributed by atoms with van der Waals surface area (Å²) in [5.74, 6) is -0.332. The Labute approximate surface area is 133 Å². The Morgan fingerprint density at radius 2 is 1.95 bits per heavy atom. The van der Waals surface area contributed by atoms with Crippen molar-refractivity contribution in [2.45, 2.75) is 31.2 Å². The van der Waals surface area contributed by atoms with Crippen LogP contribution in [0.5, 0.6) is 0 Å². The number of nitro groups is 1. The van der Waals surface area contributed by atoms with Gasteiger partial charge in [-0.2, -0.15) is 0 Å². The fourth-order valence-electron chi connectivity index (χ4n) is 1.56. The molecule has 2 N–H and O–H groups in total. The molecule has 8 heteroatoms. The summed E-state index contributed by atoms with van der Waals surface area (Å²) in [5.41, 5.74) is 0.00928. The van der Waals surface area contributed by atoms with Gasteiger partial charge in [0.05, 0.1) is 10.7 Å². The van der Waals surface area contributed by atoms with E-state index >= 15 is 0 Å². The predicted octanol–water partition coefficient (Wildman–Crippen LogP) is 1.72. The van der Waals surface area contributed by atoms with Crippen LogP contribution in [0.4, 0.5) is 5.69 Å². The van der Waals surface area contributed by atoms with E-state index < -0.39 is 11.0 Å². The average molecular weight is 325 g/mol. The van der Waals surface area contributed by atoms with Crippen molar-refractivity contribution < 1.29 is 14.5 Å². The molecule has 7 nitrogen and oxygen atoms in total. The number of carbonyl (C=O) groups is 2. The predicted molar refractivity (Wildman–Crippen MR) is 84.7 cm³/mol. The van der Waals surface area contributed by atoms with Crippen LogP contribution in [0.2, 0.25) is 0 Å². The van der Waals surface area contributed by atoms with E-state index in [0.717, 1.165) is 11.3 Å². The van der Waals surface area contributed by atoms with Crippen molar-refractivity contribution >= 4 is 29.3 Å². The van der Waals surface area contributed by atoms with Crippen molar-refractivity contribution in [1.29, 1.82) is 0 Å². The van der Waals surface area contributed by atoms with Crippen LogP contribution >= 0.6 is 11.8 Å². The van der Waals surface area contributed by atoms with E-state index in [0.29, 0.717) is 6.54 Å². The molecule has 0 aliphatic rings. The molecule has 1 rings (SSSR count). The fourth-order valence-corrected chi connectivity index (χ4v) is 2.27. The van der Waals surface area contributed by atoms with Crippen molar-refractivity contribution in [3.8, 4) is 0 Å². The number of amides is 2. The summed E-state index contributed by atoms with van der Waals surface area (Å²) in [6.07, 6.45) is 0.836. The first-order valence-corrected chi connectivity index (χ1v) is 7.87. The zero-order chi connectivity index (χ0) is 16.5. The van der Waals surface area contributed by atoms with E-state index in [1.54, 1.807) is 19.1 Å². The molecule has 0 aliphatic carbocycles. The van der Waals surface area contributed by atoms with Crippen LogP contribution in [0.1, 0.15) is 20.3 Å². The zero-order valence-corrected chi connectivity index (χ0v) is 13.3. The summed E-state index contributed by atoms with van der Waals surface area (Å²) in [7, 11) is 0. The Bertz CT molecular complexity index is 533. The number of rotatable bonds is 8. The van der Waals surface area contributed by atoms with Crippen LogP contribution in [0.3, 0.4) is 0 Å². The molecule has 1 atom stereocenters. The van der Waals surface area contributed by atoms with Crippen molar-refractivity contribution in [1.82, 2.24) is 10.6 Å². The van der Waals surface area contributed by atoms with Gasteiger partial charge in [-0.1, -0.05) is 6.92 Å². The lowest BCUT2D eigenvalue weighted by atomic mass is 10.3. The second-order valence-electron chi connectivity index (χ2n) is 4.62. The lowest BCUT2D eigenvalue weighted by Crippen LogP contribution is -2.45. The third-order valence-electron chi connectivity index (χ3n) is 2.74. The van der Waals surface area contributed by atoms with Gasteiger partial charge in [-0.25, -0.2) is 0 Å². The lowest BCUT2D eigenvalue weighted by Gasteiger charge is -2.13. The monoisotopic (exact) mass is 325 g/mol. The maximum absolute atomic E-state index is 11.8. The maximum atomic E-state index is 11.8. The van der Waals surface area contributed by atoms with Gasteiger partial charge in [0.25, 0.3) is 5.69 Å². The highest BCUT2D eigenvalue weighted by Gasteiger charge is 2.15. The molecule has 0 spiro atoms. The van der Waals surface area contributed by atoms with E-state index in [1.807, 2.05) is 6.92 Å². The quantitative estimate of drug-likeness (QED) is 0.430. The lowest BCUT2D eigenvalue weighted by molar-refractivity contribution is -0.384. The van der Waals surface area contributed by atoms with E-state index in [4.69, 9.17) is 0 Å². The summed E-state index contributed by atoms with van der Waals surface area (Å²) in [4.78, 5) is 34.2. The van der Waals surface area contributed by atoms with Gasteiger partial charge in [0, 0.05) is 23.6 Å². The number of hydrogen-bond acceptors (Lipinski definition) is 5. The number of non-ortho nitro benzene ring substituents is 1. The summed E-state index contributed by atoms with van der Waals surface area (Å²) in [6.45, 7) is 4.15. The van der Waals surface area contributed by atoms with Crippen LogP contribution in [-0.4, -0.2) is 35.1 Å². The highest BCUT2D eigenvalue weighted by atomic mass is 32.2. The molecule has 0 saturated carbocycles. The fraction of sp³-hybridized carbons (Fsp3) is 0.429. The highest BCUT2D eigenvalue weighted by Crippen LogP contribution is 2.21. The largest absolute Gasteiger partial charge is 0.354 e. The van der Waals surface area contributed by atoms with Crippen LogP contribution in [0, 0.1) is 10.1 Å². The third-order valence-corrected chi connectivity index (χ3v) is 3.75. The number of hydrogen-bond donors (Lipinski definition) is 2. The molecule has 0 fully saturated rings. The van der Waals surface area contributed by atoms with Gasteiger partial charge in [0.15, 0.2) is 0 Å². The number of carbonyl (C=O) groups excluding carboxylic acids is 2. The SMILES string of the molecule is CCCNC(=O)C(C)NC(=O)CSc1ccc([N+](=O)[O-])cc1. The van der Waals surface area contributed by atoms with Crippen molar-refractivity contribution in [3.05, 3.63) is 34.4 Å². The second kappa shape index (κ2) is 9.04. The second-order valence-corrected chi connectivity index (χ2v) is 5.67. The third kappa shape index (κ3) is 6.13. The van der Waals surface area contributed by atoms with Crippen molar-refractivity contribution in [2.24, 2.45) is 0 Å². The van der Waals surface area contributed by atoms with Crippen molar-refractivity contribution in [3.63, 3.8) is 0 Å². The molecule has 0 saturated heterocycles. The van der Waals surface area contributed by atoms with Gasteiger partial charge >= 0.3 is 0 Å². The van der Waals surface area contributed by atoms with Gasteiger partial charge in [0.2, 0.25) is 11.8 Å². The maximum Gasteiger partial charge on any atom is 0.269 e. The van der Waals surface area contributed by atoms with E-state index in [-0.39, 0.29) is 23.3 Å². The molecule has 1 aromatic rings. The molecular formula is C14H19N3O4S. The van der Waals surface area contributed by atoms with Crippen LogP contribution in [-0.2, 0) is 9.59 Å². The topological polar surface area (TPSA) is 101 Å². The van der Waals surface area contributed by atoms with Crippen LogP contribution < -0.4 is 10.6 Å². The first kappa shape index (κ1) is 18.0. The summed E-state index contributed by atoms with van der Waals surface area (Å²) < 4.78 is 0. The molecule has 22 heavy (non-hydrogen) atoms. The minimum Gasteiger partial charge on any atom is -0.354 e. The van der Waals surface area contributed by atoms with Gasteiger partial charge in [0.1, 0.15) is 6.04 Å². The summed E-state index contributed by atoms with van der Waals surface area (Å²) in [5, 5.41) is 15.8. The van der Waals surface area contributed by atoms with Gasteiger partial charge < -0.3 is 10.6 Å². The number of nitrogens with one attached hydrogen (secondary N) is 2. The zero-order valence-electron chi connectivity index (χ0n) is 12.5. The molecule has 0 bridgehead atoms. The van der Waals surface area contributed by atoms with E-state index in [9.17, 15) is 19.7 Å². The smallest absolute Gasteiger partial charge is 0.269 e. The molecule has 1 unspecified atom stereocenters. The van der Waals surface area contributed by atoms with E-state index in [1.165, 1.54) is 23.9 Å². The minimum absolute atomic E-state index is 0.00928. The molecule has 2 amide bonds. The number of nitro benzene ring substituents is 1. The van der Waals surface area contributed by atoms with Crippen LogP contribution in [0.15, 0.2) is 29.2 Å². The Kier molecular flexibility index (Phi) is 7.38. The Morgan fingerprint density at radius 1 is 1.32 bits per heavy atom. The molecule has 0 aromatic heterocycles. The molecule has 1 aromatic carbocycles. The molecule has 0 aliphatic heterocycles. The molecule has 120 valence electrons. The van der Waals surface area contributed by atoms with Gasteiger partial charge in [-0.05, 0) is 25.5 Å². The molecule has 0 radical (unpaired) electrons. The highest BCUT2D eigenvalue weighted by molar-refractivity contribution is 8.00. The number of nitrogens with zero attached hydrogens (tertiary/aromatic N) is 1. The Morgan fingerprint density at radius 3 is 2.50 bits per heavy atom. The van der Waals surface area contributed by atoms with Crippen LogP contribution in [0.25, 0.3) is 0 Å². The Hall–Kier alpha value is -2.09. The molecular weight excluding hydrogens is 306 g/mol. The van der Waals surface area contributed by atoms with Gasteiger partial charge in [-0.3, -0.25) is 19.7 Å². The number of benzene rings is 1. The molecule has 0 heterocycles. The standard InChI is InChI=1S/C14H19N3O4S/c1-3-8-15-14(19)10(2)16-13(18)9-22-12-6-4-11(5-7-12)17(20)21/h4-7,10H,3,8-9H2,1-2H3,(H,15,19)(H,16,18). The van der Waals surface area contributed by atoms with E-state index in [2.05, 4.69) is 10.6 Å². The number of thioether (sulfide) groups is 1. The normalized spacial score (nSPS) is 11.5. The Balaban J connectivity index is 2.39. The van der Waals surface area contributed by atoms with Crippen molar-refractivity contribution in [2.75, 3.05) is 12.3 Å². The first-order chi connectivity index (χ1) is 10.4. The summed E-state index contributed by atoms with van der Waals surface area (Å²) >= 11 is 1.25.